The maximum Gasteiger partial charge on any atom is 0.307 e. The van der Waals surface area contributed by atoms with E-state index in [1.54, 1.807) is 7.11 Å². The van der Waals surface area contributed by atoms with Gasteiger partial charge in [0.1, 0.15) is 11.3 Å². The Labute approximate surface area is 109 Å². The first kappa shape index (κ1) is 11.6. The molecule has 0 amide bonds. The number of carbonyl (C=O) groups is 1. The SMILES string of the molecule is COc1cccc2c1ccc1occ(CC(=O)O)c12. The van der Waals surface area contributed by atoms with Crippen LogP contribution in [0.3, 0.4) is 0 Å². The predicted octanol–water partition coefficient (Wildman–Crippen LogP) is 3.22. The molecule has 0 saturated carbocycles. The molecule has 2 aromatic carbocycles. The number of carboxylic acid groups (broad SMARTS) is 1. The highest BCUT2D eigenvalue weighted by atomic mass is 16.5. The van der Waals surface area contributed by atoms with Crippen LogP contribution in [0.5, 0.6) is 5.75 Å². The summed E-state index contributed by atoms with van der Waals surface area (Å²) in [5.74, 6) is -0.107. The third kappa shape index (κ3) is 1.81. The number of carboxylic acids is 1. The van der Waals surface area contributed by atoms with Crippen LogP contribution in [0.15, 0.2) is 41.0 Å². The van der Waals surface area contributed by atoms with Crippen molar-refractivity contribution in [1.29, 1.82) is 0 Å². The molecule has 0 saturated heterocycles. The first-order chi connectivity index (χ1) is 9.20. The van der Waals surface area contributed by atoms with E-state index in [-0.39, 0.29) is 6.42 Å². The molecular formula is C15H12O4. The van der Waals surface area contributed by atoms with Gasteiger partial charge in [-0.3, -0.25) is 4.79 Å². The monoisotopic (exact) mass is 256 g/mol. The molecule has 0 spiro atoms. The standard InChI is InChI=1S/C15H12O4/c1-18-12-4-2-3-11-10(12)5-6-13-15(11)9(8-19-13)7-14(16)17/h2-6,8H,7H2,1H3,(H,16,17). The van der Waals surface area contributed by atoms with Gasteiger partial charge in [0.05, 0.1) is 19.8 Å². The number of aliphatic carboxylic acids is 1. The summed E-state index contributed by atoms with van der Waals surface area (Å²) in [5.41, 5.74) is 1.37. The minimum atomic E-state index is -0.873. The van der Waals surface area contributed by atoms with E-state index in [2.05, 4.69) is 0 Å². The Morgan fingerprint density at radius 2 is 2.11 bits per heavy atom. The maximum atomic E-state index is 10.9. The van der Waals surface area contributed by atoms with E-state index in [9.17, 15) is 4.79 Å². The molecule has 96 valence electrons. The number of rotatable bonds is 3. The Morgan fingerprint density at radius 3 is 2.84 bits per heavy atom. The smallest absolute Gasteiger partial charge is 0.307 e. The van der Waals surface area contributed by atoms with Gasteiger partial charge in [0.25, 0.3) is 0 Å². The topological polar surface area (TPSA) is 59.7 Å². The number of hydrogen-bond donors (Lipinski definition) is 1. The molecule has 3 aromatic rings. The quantitative estimate of drug-likeness (QED) is 0.781. The molecule has 4 heteroatoms. The van der Waals surface area contributed by atoms with Crippen LogP contribution in [-0.4, -0.2) is 18.2 Å². The fourth-order valence-electron chi connectivity index (χ4n) is 2.40. The van der Waals surface area contributed by atoms with Gasteiger partial charge in [-0.25, -0.2) is 0 Å². The number of fused-ring (bicyclic) bond motifs is 3. The molecule has 0 unspecified atom stereocenters. The van der Waals surface area contributed by atoms with Crippen molar-refractivity contribution in [1.82, 2.24) is 0 Å². The van der Waals surface area contributed by atoms with Gasteiger partial charge in [-0.2, -0.15) is 0 Å². The summed E-state index contributed by atoms with van der Waals surface area (Å²) in [7, 11) is 1.62. The van der Waals surface area contributed by atoms with Crippen molar-refractivity contribution in [2.75, 3.05) is 7.11 Å². The Hall–Kier alpha value is -2.49. The number of furan rings is 1. The van der Waals surface area contributed by atoms with Crippen molar-refractivity contribution in [3.8, 4) is 5.75 Å². The number of hydrogen-bond acceptors (Lipinski definition) is 3. The van der Waals surface area contributed by atoms with Crippen molar-refractivity contribution >= 4 is 27.7 Å². The zero-order chi connectivity index (χ0) is 13.4. The normalized spacial score (nSPS) is 11.0. The number of benzene rings is 2. The van der Waals surface area contributed by atoms with Gasteiger partial charge in [-0.1, -0.05) is 12.1 Å². The van der Waals surface area contributed by atoms with Gasteiger partial charge in [-0.05, 0) is 23.6 Å². The molecule has 0 aliphatic carbocycles. The molecule has 1 aromatic heterocycles. The lowest BCUT2D eigenvalue weighted by Crippen LogP contribution is -1.99. The van der Waals surface area contributed by atoms with Crippen molar-refractivity contribution in [3.63, 3.8) is 0 Å². The van der Waals surface area contributed by atoms with Crippen molar-refractivity contribution in [3.05, 3.63) is 42.2 Å². The summed E-state index contributed by atoms with van der Waals surface area (Å²) >= 11 is 0. The van der Waals surface area contributed by atoms with E-state index in [0.717, 1.165) is 21.9 Å². The Kier molecular flexibility index (Phi) is 2.63. The van der Waals surface area contributed by atoms with Crippen LogP contribution in [0.2, 0.25) is 0 Å². The molecule has 4 nitrogen and oxygen atoms in total. The highest BCUT2D eigenvalue weighted by Gasteiger charge is 2.13. The fraction of sp³-hybridized carbons (Fsp3) is 0.133. The Morgan fingerprint density at radius 1 is 1.26 bits per heavy atom. The first-order valence-corrected chi connectivity index (χ1v) is 5.88. The lowest BCUT2D eigenvalue weighted by Gasteiger charge is -2.06. The van der Waals surface area contributed by atoms with Crippen molar-refractivity contribution in [2.45, 2.75) is 6.42 Å². The van der Waals surface area contributed by atoms with E-state index in [1.165, 1.54) is 6.26 Å². The van der Waals surface area contributed by atoms with Crippen LogP contribution in [0, 0.1) is 0 Å². The second-order valence-electron chi connectivity index (χ2n) is 4.33. The zero-order valence-electron chi connectivity index (χ0n) is 10.3. The summed E-state index contributed by atoms with van der Waals surface area (Å²) in [6.07, 6.45) is 1.46. The Bertz CT molecular complexity index is 770. The van der Waals surface area contributed by atoms with Crippen LogP contribution in [-0.2, 0) is 11.2 Å². The molecule has 0 aliphatic heterocycles. The van der Waals surface area contributed by atoms with Crippen molar-refractivity contribution in [2.24, 2.45) is 0 Å². The van der Waals surface area contributed by atoms with Crippen LogP contribution in [0.4, 0.5) is 0 Å². The summed E-state index contributed by atoms with van der Waals surface area (Å²) in [6.45, 7) is 0. The lowest BCUT2D eigenvalue weighted by molar-refractivity contribution is -0.136. The van der Waals surface area contributed by atoms with Gasteiger partial charge >= 0.3 is 5.97 Å². The zero-order valence-corrected chi connectivity index (χ0v) is 10.3. The molecule has 0 aliphatic rings. The van der Waals surface area contributed by atoms with Gasteiger partial charge < -0.3 is 14.3 Å². The maximum absolute atomic E-state index is 10.9. The van der Waals surface area contributed by atoms with E-state index in [0.29, 0.717) is 11.1 Å². The third-order valence-electron chi connectivity index (χ3n) is 3.19. The molecule has 19 heavy (non-hydrogen) atoms. The molecule has 1 heterocycles. The van der Waals surface area contributed by atoms with Gasteiger partial charge in [0, 0.05) is 16.3 Å². The van der Waals surface area contributed by atoms with Crippen LogP contribution >= 0.6 is 0 Å². The van der Waals surface area contributed by atoms with Crippen molar-refractivity contribution < 1.29 is 19.1 Å². The van der Waals surface area contributed by atoms with Gasteiger partial charge in [0.15, 0.2) is 0 Å². The highest BCUT2D eigenvalue weighted by molar-refractivity contribution is 6.10. The van der Waals surface area contributed by atoms with E-state index >= 15 is 0 Å². The van der Waals surface area contributed by atoms with Crippen LogP contribution < -0.4 is 4.74 Å². The van der Waals surface area contributed by atoms with E-state index in [1.807, 2.05) is 30.3 Å². The lowest BCUT2D eigenvalue weighted by atomic mass is 10.0. The van der Waals surface area contributed by atoms with Crippen LogP contribution in [0.1, 0.15) is 5.56 Å². The molecule has 0 bridgehead atoms. The van der Waals surface area contributed by atoms with Gasteiger partial charge in [-0.15, -0.1) is 0 Å². The molecule has 1 N–H and O–H groups in total. The molecule has 0 fully saturated rings. The average molecular weight is 256 g/mol. The number of ether oxygens (including phenoxy) is 1. The summed E-state index contributed by atoms with van der Waals surface area (Å²) in [4.78, 5) is 10.9. The molecule has 0 atom stereocenters. The van der Waals surface area contributed by atoms with E-state index < -0.39 is 5.97 Å². The molecule has 3 rings (SSSR count). The van der Waals surface area contributed by atoms with Crippen LogP contribution in [0.25, 0.3) is 21.7 Å². The second kappa shape index (κ2) is 4.31. The van der Waals surface area contributed by atoms with E-state index in [4.69, 9.17) is 14.3 Å². The predicted molar refractivity (Wildman–Crippen MR) is 71.6 cm³/mol. The highest BCUT2D eigenvalue weighted by Crippen LogP contribution is 2.34. The Balaban J connectivity index is 2.37. The third-order valence-corrected chi connectivity index (χ3v) is 3.19. The minimum absolute atomic E-state index is 0.0523. The molecule has 0 radical (unpaired) electrons. The summed E-state index contributed by atoms with van der Waals surface area (Å²) < 4.78 is 10.8. The minimum Gasteiger partial charge on any atom is -0.496 e. The summed E-state index contributed by atoms with van der Waals surface area (Å²) in [6, 6.07) is 9.47. The average Bonchev–Trinajstić information content (AvgIpc) is 2.80. The number of methoxy groups -OCH3 is 1. The second-order valence-corrected chi connectivity index (χ2v) is 4.33. The summed E-state index contributed by atoms with van der Waals surface area (Å²) in [5, 5.41) is 11.7. The molecular weight excluding hydrogens is 244 g/mol. The largest absolute Gasteiger partial charge is 0.496 e. The fourth-order valence-corrected chi connectivity index (χ4v) is 2.40. The van der Waals surface area contributed by atoms with Gasteiger partial charge in [0.2, 0.25) is 0 Å². The first-order valence-electron chi connectivity index (χ1n) is 5.88.